The van der Waals surface area contributed by atoms with Crippen LogP contribution in [0.3, 0.4) is 0 Å². The molecule has 2 heterocycles. The molecule has 4 aromatic rings. The highest BCUT2D eigenvalue weighted by molar-refractivity contribution is 5.91. The van der Waals surface area contributed by atoms with Crippen LogP contribution in [0.25, 0.3) is 10.9 Å². The predicted molar refractivity (Wildman–Crippen MR) is 160 cm³/mol. The van der Waals surface area contributed by atoms with Crippen LogP contribution in [0.2, 0.25) is 0 Å². The van der Waals surface area contributed by atoms with Gasteiger partial charge >= 0.3 is 6.09 Å². The van der Waals surface area contributed by atoms with Crippen LogP contribution in [-0.2, 0) is 22.7 Å². The number of methoxy groups -OCH3 is 1. The van der Waals surface area contributed by atoms with E-state index in [-0.39, 0.29) is 24.2 Å². The average Bonchev–Trinajstić information content (AvgIpc) is 3.04. The van der Waals surface area contributed by atoms with E-state index in [9.17, 15) is 14.4 Å². The highest BCUT2D eigenvalue weighted by atomic mass is 16.6. The molecule has 0 atom stereocenters. The summed E-state index contributed by atoms with van der Waals surface area (Å²) < 4.78 is 19.2. The molecule has 3 aromatic carbocycles. The van der Waals surface area contributed by atoms with Crippen LogP contribution in [0.1, 0.15) is 36.8 Å². The Balaban J connectivity index is 1.18. The summed E-state index contributed by atoms with van der Waals surface area (Å²) in [5.41, 5.74) is 1.23. The normalized spacial score (nSPS) is 20.1. The van der Waals surface area contributed by atoms with Gasteiger partial charge in [0.15, 0.2) is 11.5 Å². The molecule has 1 aliphatic carbocycles. The summed E-state index contributed by atoms with van der Waals surface area (Å²) in [6.07, 6.45) is 2.72. The summed E-state index contributed by atoms with van der Waals surface area (Å²) in [5, 5.41) is 3.37. The van der Waals surface area contributed by atoms with Gasteiger partial charge in [-0.05, 0) is 42.9 Å². The summed E-state index contributed by atoms with van der Waals surface area (Å²) in [6.45, 7) is 1.31. The minimum absolute atomic E-state index is 0.142. The summed E-state index contributed by atoms with van der Waals surface area (Å²) in [7, 11) is 1.55. The summed E-state index contributed by atoms with van der Waals surface area (Å²) in [5.74, 6) is 0.753. The van der Waals surface area contributed by atoms with E-state index in [1.54, 1.807) is 35.0 Å². The standard InChI is InChI=1S/C33H34N4O6/c1-41-28-19-27-26(30(38)36(22-35-27)20-23-8-4-2-5-9-23)18-29(28)43-25-12-14-33(15-13-25)31(39)34-16-17-37(33)32(40)42-21-24-10-6-3-7-11-24/h2-11,18-19,22,25H,12-17,20-21H2,1H3,(H,34,39)/t25-,33+. The lowest BCUT2D eigenvalue weighted by atomic mass is 9.77. The second kappa shape index (κ2) is 12.2. The third-order valence-corrected chi connectivity index (χ3v) is 8.34. The van der Waals surface area contributed by atoms with Gasteiger partial charge < -0.3 is 19.5 Å². The first-order valence-corrected chi connectivity index (χ1v) is 14.5. The monoisotopic (exact) mass is 582 g/mol. The van der Waals surface area contributed by atoms with Gasteiger partial charge in [0.05, 0.1) is 37.0 Å². The quantitative estimate of drug-likeness (QED) is 0.346. The van der Waals surface area contributed by atoms with Crippen molar-refractivity contribution in [1.82, 2.24) is 19.8 Å². The molecule has 2 amide bonds. The first-order valence-electron chi connectivity index (χ1n) is 14.5. The van der Waals surface area contributed by atoms with Gasteiger partial charge in [0.1, 0.15) is 12.1 Å². The van der Waals surface area contributed by atoms with E-state index in [1.165, 1.54) is 0 Å². The van der Waals surface area contributed by atoms with Gasteiger partial charge in [-0.1, -0.05) is 60.7 Å². The van der Waals surface area contributed by atoms with Crippen LogP contribution >= 0.6 is 0 Å². The molecule has 43 heavy (non-hydrogen) atoms. The summed E-state index contributed by atoms with van der Waals surface area (Å²) >= 11 is 0. The number of hydrogen-bond donors (Lipinski definition) is 1. The van der Waals surface area contributed by atoms with Crippen LogP contribution in [0.5, 0.6) is 11.5 Å². The van der Waals surface area contributed by atoms with Gasteiger partial charge in [-0.15, -0.1) is 0 Å². The van der Waals surface area contributed by atoms with Gasteiger partial charge in [-0.25, -0.2) is 9.78 Å². The molecule has 1 saturated carbocycles. The maximum Gasteiger partial charge on any atom is 0.411 e. The minimum atomic E-state index is -0.992. The lowest BCUT2D eigenvalue weighted by Gasteiger charge is -2.48. The van der Waals surface area contributed by atoms with Crippen LogP contribution in [0.4, 0.5) is 4.79 Å². The Bertz CT molecular complexity index is 1670. The zero-order valence-corrected chi connectivity index (χ0v) is 24.0. The van der Waals surface area contributed by atoms with Gasteiger partial charge in [0, 0.05) is 19.2 Å². The van der Waals surface area contributed by atoms with Crippen molar-refractivity contribution in [2.45, 2.75) is 50.5 Å². The topological polar surface area (TPSA) is 112 Å². The number of ether oxygens (including phenoxy) is 3. The van der Waals surface area contributed by atoms with Crippen molar-refractivity contribution >= 4 is 22.9 Å². The van der Waals surface area contributed by atoms with Crippen LogP contribution in [-0.4, -0.2) is 58.3 Å². The predicted octanol–water partition coefficient (Wildman–Crippen LogP) is 4.28. The van der Waals surface area contributed by atoms with Crippen molar-refractivity contribution in [3.8, 4) is 11.5 Å². The fraction of sp³-hybridized carbons (Fsp3) is 0.333. The van der Waals surface area contributed by atoms with Crippen molar-refractivity contribution in [3.05, 3.63) is 101 Å². The summed E-state index contributed by atoms with van der Waals surface area (Å²) in [6, 6.07) is 22.6. The van der Waals surface area contributed by atoms with Crippen LogP contribution in [0, 0.1) is 0 Å². The van der Waals surface area contributed by atoms with Crippen molar-refractivity contribution in [2.24, 2.45) is 0 Å². The average molecular weight is 583 g/mol. The van der Waals surface area contributed by atoms with Gasteiger partial charge in [-0.3, -0.25) is 19.1 Å². The molecule has 6 rings (SSSR count). The van der Waals surface area contributed by atoms with Crippen molar-refractivity contribution in [3.63, 3.8) is 0 Å². The van der Waals surface area contributed by atoms with Crippen molar-refractivity contribution < 1.29 is 23.8 Å². The number of carbonyl (C=O) groups excluding carboxylic acids is 2. The second-order valence-electron chi connectivity index (χ2n) is 11.0. The Morgan fingerprint density at radius 1 is 0.977 bits per heavy atom. The molecule has 222 valence electrons. The van der Waals surface area contributed by atoms with E-state index in [4.69, 9.17) is 14.2 Å². The van der Waals surface area contributed by atoms with E-state index < -0.39 is 11.6 Å². The van der Waals surface area contributed by atoms with E-state index in [0.29, 0.717) is 67.7 Å². The largest absolute Gasteiger partial charge is 0.493 e. The van der Waals surface area contributed by atoms with Crippen LogP contribution < -0.4 is 20.3 Å². The molecule has 1 N–H and O–H groups in total. The second-order valence-corrected chi connectivity index (χ2v) is 11.0. The molecule has 10 nitrogen and oxygen atoms in total. The van der Waals surface area contributed by atoms with E-state index in [1.807, 2.05) is 60.7 Å². The number of piperazine rings is 1. The Hall–Kier alpha value is -4.86. The van der Waals surface area contributed by atoms with E-state index >= 15 is 0 Å². The number of nitrogens with zero attached hydrogens (tertiary/aromatic N) is 3. The molecule has 2 aliphatic rings. The SMILES string of the molecule is COc1cc2ncn(Cc3ccccc3)c(=O)c2cc1O[C@H]1CC[C@@]2(CC1)C(=O)NCCN2C(=O)OCc1ccccc1. The Morgan fingerprint density at radius 2 is 1.67 bits per heavy atom. The molecule has 1 spiro atoms. The molecule has 0 bridgehead atoms. The number of rotatable bonds is 7. The number of nitrogens with one attached hydrogen (secondary N) is 1. The van der Waals surface area contributed by atoms with Crippen molar-refractivity contribution in [1.29, 1.82) is 0 Å². The zero-order chi connectivity index (χ0) is 29.8. The van der Waals surface area contributed by atoms with Gasteiger partial charge in [0.25, 0.3) is 5.56 Å². The van der Waals surface area contributed by atoms with E-state index in [0.717, 1.165) is 11.1 Å². The molecule has 0 unspecified atom stereocenters. The maximum atomic E-state index is 13.4. The Kier molecular flexibility index (Phi) is 8.00. The lowest BCUT2D eigenvalue weighted by molar-refractivity contribution is -0.140. The Labute approximate surface area is 249 Å². The minimum Gasteiger partial charge on any atom is -0.493 e. The van der Waals surface area contributed by atoms with Crippen LogP contribution in [0.15, 0.2) is 83.9 Å². The molecule has 1 aromatic heterocycles. The third-order valence-electron chi connectivity index (χ3n) is 8.34. The first kappa shape index (κ1) is 28.3. The number of benzene rings is 3. The zero-order valence-electron chi connectivity index (χ0n) is 24.0. The number of aromatic nitrogens is 2. The fourth-order valence-corrected chi connectivity index (χ4v) is 6.02. The highest BCUT2D eigenvalue weighted by Gasteiger charge is 2.51. The number of hydrogen-bond acceptors (Lipinski definition) is 7. The molecule has 1 saturated heterocycles. The summed E-state index contributed by atoms with van der Waals surface area (Å²) in [4.78, 5) is 45.9. The smallest absolute Gasteiger partial charge is 0.411 e. The molecule has 2 fully saturated rings. The number of fused-ring (bicyclic) bond motifs is 1. The molecule has 1 aliphatic heterocycles. The molecular weight excluding hydrogens is 548 g/mol. The number of carbonyl (C=O) groups is 2. The third kappa shape index (κ3) is 5.77. The van der Waals surface area contributed by atoms with Gasteiger partial charge in [0.2, 0.25) is 5.91 Å². The first-order chi connectivity index (χ1) is 21.0. The fourth-order valence-electron chi connectivity index (χ4n) is 6.02. The van der Waals surface area contributed by atoms with Crippen molar-refractivity contribution in [2.75, 3.05) is 20.2 Å². The van der Waals surface area contributed by atoms with E-state index in [2.05, 4.69) is 10.3 Å². The maximum absolute atomic E-state index is 13.4. The molecule has 0 radical (unpaired) electrons. The molecule has 10 heteroatoms. The molecular formula is C33H34N4O6. The Morgan fingerprint density at radius 3 is 2.37 bits per heavy atom. The van der Waals surface area contributed by atoms with Gasteiger partial charge in [-0.2, -0.15) is 0 Å². The lowest BCUT2D eigenvalue weighted by Crippen LogP contribution is -2.67. The highest BCUT2D eigenvalue weighted by Crippen LogP contribution is 2.39. The number of amides is 2.